The molecule has 2 heterocycles. The maximum atomic E-state index is 13.2. The Morgan fingerprint density at radius 2 is 1.56 bits per heavy atom. The number of fused-ring (bicyclic) bond motifs is 1. The second-order valence-electron chi connectivity index (χ2n) is 8.44. The number of urea groups is 1. The van der Waals surface area contributed by atoms with Crippen LogP contribution in [0.15, 0.2) is 72.8 Å². The predicted molar refractivity (Wildman–Crippen MR) is 138 cm³/mol. The summed E-state index contributed by atoms with van der Waals surface area (Å²) in [5.41, 5.74) is 4.25. The molecule has 1 aromatic heterocycles. The van der Waals surface area contributed by atoms with Crippen molar-refractivity contribution in [3.8, 4) is 5.75 Å². The van der Waals surface area contributed by atoms with E-state index in [0.717, 1.165) is 45.3 Å². The van der Waals surface area contributed by atoms with Gasteiger partial charge in [-0.2, -0.15) is 0 Å². The molecule has 34 heavy (non-hydrogen) atoms. The molecule has 1 aliphatic rings. The van der Waals surface area contributed by atoms with Crippen LogP contribution in [0.1, 0.15) is 22.7 Å². The van der Waals surface area contributed by atoms with Crippen molar-refractivity contribution >= 4 is 32.7 Å². The van der Waals surface area contributed by atoms with Crippen LogP contribution in [0.4, 0.5) is 9.93 Å². The first kappa shape index (κ1) is 22.2. The average molecular weight is 473 g/mol. The summed E-state index contributed by atoms with van der Waals surface area (Å²) in [5.74, 6) is 0.800. The van der Waals surface area contributed by atoms with Crippen molar-refractivity contribution in [2.24, 2.45) is 0 Å². The summed E-state index contributed by atoms with van der Waals surface area (Å²) in [6.45, 7) is 4.89. The highest BCUT2D eigenvalue weighted by Gasteiger charge is 2.26. The number of aryl methyl sites for hydroxylation is 1. The molecule has 0 unspecified atom stereocenters. The molecule has 7 heteroatoms. The third-order valence-electron chi connectivity index (χ3n) is 6.28. The van der Waals surface area contributed by atoms with Gasteiger partial charge in [-0.1, -0.05) is 78.1 Å². The topological polar surface area (TPSA) is 57.7 Å². The maximum Gasteiger partial charge on any atom is 0.318 e. The molecule has 0 spiro atoms. The van der Waals surface area contributed by atoms with Gasteiger partial charge in [0.2, 0.25) is 0 Å². The molecular formula is C27H28N4O2S. The minimum atomic E-state index is -0.187. The summed E-state index contributed by atoms with van der Waals surface area (Å²) in [6.07, 6.45) is 0. The van der Waals surface area contributed by atoms with Crippen LogP contribution < -0.4 is 15.0 Å². The van der Waals surface area contributed by atoms with E-state index < -0.39 is 0 Å². The standard InChI is InChI=1S/C27H28N4O2S/c1-19-13-14-22(33-2)24-25(19)34-27(29-24)31-17-15-30(16-18-31)26(32)28-23(20-9-5-3-6-10-20)21-11-7-4-8-12-21/h3-14,23H,15-18H2,1-2H3,(H,28,32). The Bertz CT molecular complexity index is 1230. The fourth-order valence-electron chi connectivity index (χ4n) is 4.36. The van der Waals surface area contributed by atoms with E-state index in [4.69, 9.17) is 9.72 Å². The molecule has 1 fully saturated rings. The van der Waals surface area contributed by atoms with Crippen LogP contribution >= 0.6 is 11.3 Å². The third-order valence-corrected chi connectivity index (χ3v) is 7.53. The number of methoxy groups -OCH3 is 1. The van der Waals surface area contributed by atoms with E-state index in [-0.39, 0.29) is 12.1 Å². The van der Waals surface area contributed by atoms with Crippen LogP contribution in [0, 0.1) is 6.92 Å². The van der Waals surface area contributed by atoms with Crippen LogP contribution in [0.3, 0.4) is 0 Å². The van der Waals surface area contributed by atoms with Crippen molar-refractivity contribution in [1.29, 1.82) is 0 Å². The molecule has 1 N–H and O–H groups in total. The lowest BCUT2D eigenvalue weighted by Gasteiger charge is -2.35. The number of benzene rings is 3. The number of piperazine rings is 1. The van der Waals surface area contributed by atoms with Gasteiger partial charge in [0, 0.05) is 26.2 Å². The highest BCUT2D eigenvalue weighted by molar-refractivity contribution is 7.22. The van der Waals surface area contributed by atoms with E-state index in [9.17, 15) is 4.79 Å². The van der Waals surface area contributed by atoms with Crippen molar-refractivity contribution in [3.63, 3.8) is 0 Å². The Morgan fingerprint density at radius 1 is 0.941 bits per heavy atom. The largest absolute Gasteiger partial charge is 0.494 e. The molecular weight excluding hydrogens is 444 g/mol. The molecule has 0 atom stereocenters. The van der Waals surface area contributed by atoms with Crippen molar-refractivity contribution < 1.29 is 9.53 Å². The number of nitrogens with one attached hydrogen (secondary N) is 1. The third kappa shape index (κ3) is 4.43. The zero-order chi connectivity index (χ0) is 23.5. The summed E-state index contributed by atoms with van der Waals surface area (Å²) in [6, 6.07) is 24.0. The van der Waals surface area contributed by atoms with E-state index in [1.54, 1.807) is 18.4 Å². The number of carbonyl (C=O) groups is 1. The number of hydrogen-bond donors (Lipinski definition) is 1. The number of thiazole rings is 1. The van der Waals surface area contributed by atoms with Gasteiger partial charge in [0.15, 0.2) is 5.13 Å². The van der Waals surface area contributed by atoms with Gasteiger partial charge in [-0.3, -0.25) is 0 Å². The second-order valence-corrected chi connectivity index (χ2v) is 9.41. The maximum absolute atomic E-state index is 13.2. The first-order chi connectivity index (χ1) is 16.6. The highest BCUT2D eigenvalue weighted by Crippen LogP contribution is 2.36. The number of anilines is 1. The van der Waals surface area contributed by atoms with Crippen LogP contribution in [0.5, 0.6) is 5.75 Å². The van der Waals surface area contributed by atoms with Gasteiger partial charge in [0.25, 0.3) is 0 Å². The lowest BCUT2D eigenvalue weighted by atomic mass is 9.99. The Balaban J connectivity index is 1.28. The minimum Gasteiger partial charge on any atom is -0.494 e. The zero-order valence-electron chi connectivity index (χ0n) is 19.4. The Kier molecular flexibility index (Phi) is 6.36. The van der Waals surface area contributed by atoms with Crippen LogP contribution in [-0.2, 0) is 0 Å². The quantitative estimate of drug-likeness (QED) is 0.432. The molecule has 0 bridgehead atoms. The van der Waals surface area contributed by atoms with Gasteiger partial charge in [-0.15, -0.1) is 0 Å². The first-order valence-corrected chi connectivity index (χ1v) is 12.3. The van der Waals surface area contributed by atoms with Gasteiger partial charge in [0.1, 0.15) is 11.3 Å². The average Bonchev–Trinajstić information content (AvgIpc) is 3.35. The molecule has 1 saturated heterocycles. The van der Waals surface area contributed by atoms with E-state index in [1.165, 1.54) is 5.56 Å². The summed E-state index contributed by atoms with van der Waals surface area (Å²) < 4.78 is 6.66. The van der Waals surface area contributed by atoms with E-state index in [1.807, 2.05) is 47.4 Å². The minimum absolute atomic E-state index is 0.0424. The van der Waals surface area contributed by atoms with Gasteiger partial charge in [-0.05, 0) is 29.7 Å². The Morgan fingerprint density at radius 3 is 2.15 bits per heavy atom. The Hall–Kier alpha value is -3.58. The molecule has 0 aliphatic carbocycles. The molecule has 0 radical (unpaired) electrons. The number of hydrogen-bond acceptors (Lipinski definition) is 5. The van der Waals surface area contributed by atoms with Gasteiger partial charge >= 0.3 is 6.03 Å². The summed E-state index contributed by atoms with van der Waals surface area (Å²) in [4.78, 5) is 22.3. The molecule has 2 amide bonds. The molecule has 1 aliphatic heterocycles. The van der Waals surface area contributed by atoms with Crippen LogP contribution in [-0.4, -0.2) is 49.2 Å². The summed E-state index contributed by atoms with van der Waals surface area (Å²) in [5, 5.41) is 4.24. The summed E-state index contributed by atoms with van der Waals surface area (Å²) in [7, 11) is 1.68. The molecule has 5 rings (SSSR count). The monoisotopic (exact) mass is 472 g/mol. The number of rotatable bonds is 5. The zero-order valence-corrected chi connectivity index (χ0v) is 20.2. The van der Waals surface area contributed by atoms with Crippen molar-refractivity contribution in [1.82, 2.24) is 15.2 Å². The SMILES string of the molecule is COc1ccc(C)c2sc(N3CCN(C(=O)NC(c4ccccc4)c4ccccc4)CC3)nc12. The molecule has 4 aromatic rings. The number of aromatic nitrogens is 1. The lowest BCUT2D eigenvalue weighted by molar-refractivity contribution is 0.192. The molecule has 0 saturated carbocycles. The second kappa shape index (κ2) is 9.73. The van der Waals surface area contributed by atoms with E-state index in [2.05, 4.69) is 47.5 Å². The van der Waals surface area contributed by atoms with Gasteiger partial charge in [-0.25, -0.2) is 9.78 Å². The smallest absolute Gasteiger partial charge is 0.318 e. The predicted octanol–water partition coefficient (Wildman–Crippen LogP) is 5.23. The fourth-order valence-corrected chi connectivity index (χ4v) is 5.47. The molecule has 3 aromatic carbocycles. The van der Waals surface area contributed by atoms with Gasteiger partial charge < -0.3 is 19.9 Å². The fraction of sp³-hybridized carbons (Fsp3) is 0.259. The van der Waals surface area contributed by atoms with Crippen molar-refractivity contribution in [3.05, 3.63) is 89.5 Å². The first-order valence-electron chi connectivity index (χ1n) is 11.5. The van der Waals surface area contributed by atoms with Crippen LogP contribution in [0.25, 0.3) is 10.2 Å². The van der Waals surface area contributed by atoms with Crippen LogP contribution in [0.2, 0.25) is 0 Å². The number of amides is 2. The normalized spacial score (nSPS) is 14.0. The van der Waals surface area contributed by atoms with E-state index in [0.29, 0.717) is 13.1 Å². The number of ether oxygens (including phenoxy) is 1. The van der Waals surface area contributed by atoms with Crippen molar-refractivity contribution in [2.45, 2.75) is 13.0 Å². The summed E-state index contributed by atoms with van der Waals surface area (Å²) >= 11 is 1.69. The Labute approximate surface area is 203 Å². The van der Waals surface area contributed by atoms with Crippen molar-refractivity contribution in [2.75, 3.05) is 38.2 Å². The number of carbonyl (C=O) groups excluding carboxylic acids is 1. The van der Waals surface area contributed by atoms with E-state index >= 15 is 0 Å². The molecule has 174 valence electrons. The van der Waals surface area contributed by atoms with Gasteiger partial charge in [0.05, 0.1) is 17.9 Å². The molecule has 6 nitrogen and oxygen atoms in total. The lowest BCUT2D eigenvalue weighted by Crippen LogP contribution is -2.52. The number of nitrogens with zero attached hydrogens (tertiary/aromatic N) is 3. The highest BCUT2D eigenvalue weighted by atomic mass is 32.1.